The van der Waals surface area contributed by atoms with E-state index in [0.717, 1.165) is 16.7 Å². The first-order valence-electron chi connectivity index (χ1n) is 7.81. The van der Waals surface area contributed by atoms with Crippen molar-refractivity contribution >= 4 is 56.3 Å². The van der Waals surface area contributed by atoms with Crippen LogP contribution in [0.5, 0.6) is 0 Å². The number of thiocarbonyl (C=S) groups is 1. The molecule has 1 aliphatic heterocycles. The zero-order valence-corrected chi connectivity index (χ0v) is 16.8. The second-order valence-corrected chi connectivity index (χ2v) is 9.07. The summed E-state index contributed by atoms with van der Waals surface area (Å²) in [6.45, 7) is 1.38. The summed E-state index contributed by atoms with van der Waals surface area (Å²) in [5.41, 5.74) is 0.624. The van der Waals surface area contributed by atoms with Crippen molar-refractivity contribution in [3.8, 4) is 11.3 Å². The number of nitrogens with two attached hydrogens (primary N) is 1. The van der Waals surface area contributed by atoms with E-state index in [-0.39, 0.29) is 14.1 Å². The molecule has 0 aliphatic carbocycles. The van der Waals surface area contributed by atoms with E-state index in [1.165, 1.54) is 25.1 Å². The molecule has 8 nitrogen and oxygen atoms in total. The fraction of sp³-hybridized carbons (Fsp3) is 0.118. The maximum atomic E-state index is 12.5. The molecule has 28 heavy (non-hydrogen) atoms. The Morgan fingerprint density at radius 3 is 2.50 bits per heavy atom. The summed E-state index contributed by atoms with van der Waals surface area (Å²) >= 11 is 6.10. The van der Waals surface area contributed by atoms with Crippen molar-refractivity contribution in [2.75, 3.05) is 0 Å². The molecule has 3 rings (SSSR count). The number of primary sulfonamides is 1. The lowest BCUT2D eigenvalue weighted by molar-refractivity contribution is -0.144. The van der Waals surface area contributed by atoms with Crippen LogP contribution in [0, 0.1) is 0 Å². The van der Waals surface area contributed by atoms with Crippen LogP contribution >= 0.6 is 24.0 Å². The Kier molecular flexibility index (Phi) is 5.44. The number of carboxylic acids is 1. The number of sulfonamides is 1. The van der Waals surface area contributed by atoms with Gasteiger partial charge in [-0.3, -0.25) is 9.69 Å². The quantitative estimate of drug-likeness (QED) is 0.537. The van der Waals surface area contributed by atoms with Gasteiger partial charge in [0.15, 0.2) is 0 Å². The Bertz CT molecular complexity index is 1100. The van der Waals surface area contributed by atoms with Crippen LogP contribution in [0.15, 0.2) is 50.6 Å². The molecule has 146 valence electrons. The van der Waals surface area contributed by atoms with Gasteiger partial charge in [0.1, 0.15) is 21.9 Å². The number of hydrogen-bond donors (Lipinski definition) is 2. The third kappa shape index (κ3) is 4.02. The Labute approximate surface area is 170 Å². The van der Waals surface area contributed by atoms with Crippen LogP contribution in [-0.4, -0.2) is 40.7 Å². The molecule has 0 radical (unpaired) electrons. The van der Waals surface area contributed by atoms with Gasteiger partial charge in [-0.05, 0) is 43.3 Å². The molecule has 2 heterocycles. The lowest BCUT2D eigenvalue weighted by atomic mass is 10.2. The highest BCUT2D eigenvalue weighted by atomic mass is 32.2. The lowest BCUT2D eigenvalue weighted by Gasteiger charge is -2.18. The second-order valence-electron chi connectivity index (χ2n) is 5.84. The molecule has 1 fully saturated rings. The number of carbonyl (C=O) groups is 2. The van der Waals surface area contributed by atoms with Gasteiger partial charge in [0, 0.05) is 11.6 Å². The van der Waals surface area contributed by atoms with E-state index in [2.05, 4.69) is 0 Å². The molecule has 1 amide bonds. The maximum Gasteiger partial charge on any atom is 0.326 e. The highest BCUT2D eigenvalue weighted by Crippen LogP contribution is 2.35. The van der Waals surface area contributed by atoms with Crippen molar-refractivity contribution in [2.24, 2.45) is 5.14 Å². The minimum atomic E-state index is -3.78. The standard InChI is InChI=1S/C17H14N2O6S3/c1-9(16(21)22)19-15(20)14(27-17(19)26)8-11-4-7-13(25-11)10-2-5-12(6-3-10)28(18,23)24/h2-9H,1H3,(H,21,22)(H2,18,23,24)/b14-8-. The Morgan fingerprint density at radius 1 is 1.29 bits per heavy atom. The monoisotopic (exact) mass is 438 g/mol. The van der Waals surface area contributed by atoms with Crippen LogP contribution in [0.2, 0.25) is 0 Å². The number of carboxylic acid groups (broad SMARTS) is 1. The first-order valence-corrected chi connectivity index (χ1v) is 10.6. The molecular formula is C17H14N2O6S3. The van der Waals surface area contributed by atoms with Gasteiger partial charge in [0.05, 0.1) is 9.80 Å². The Balaban J connectivity index is 1.84. The third-order valence-corrected chi connectivity index (χ3v) is 6.20. The van der Waals surface area contributed by atoms with Gasteiger partial charge in [-0.15, -0.1) is 0 Å². The van der Waals surface area contributed by atoms with Gasteiger partial charge < -0.3 is 9.52 Å². The van der Waals surface area contributed by atoms with E-state index in [1.54, 1.807) is 24.3 Å². The van der Waals surface area contributed by atoms with Crippen LogP contribution in [0.1, 0.15) is 12.7 Å². The molecule has 1 saturated heterocycles. The highest BCUT2D eigenvalue weighted by Gasteiger charge is 2.38. The average Bonchev–Trinajstić information content (AvgIpc) is 3.19. The van der Waals surface area contributed by atoms with E-state index in [9.17, 15) is 18.0 Å². The Morgan fingerprint density at radius 2 is 1.93 bits per heavy atom. The van der Waals surface area contributed by atoms with Crippen molar-refractivity contribution in [1.82, 2.24) is 4.90 Å². The van der Waals surface area contributed by atoms with E-state index in [0.29, 0.717) is 17.1 Å². The number of hydrogen-bond acceptors (Lipinski definition) is 7. The number of benzene rings is 1. The minimum absolute atomic E-state index is 0.0146. The summed E-state index contributed by atoms with van der Waals surface area (Å²) in [7, 11) is -3.78. The normalized spacial score (nSPS) is 17.4. The number of rotatable bonds is 5. The van der Waals surface area contributed by atoms with Crippen molar-refractivity contribution in [3.05, 3.63) is 47.1 Å². The lowest BCUT2D eigenvalue weighted by Crippen LogP contribution is -2.41. The summed E-state index contributed by atoms with van der Waals surface area (Å²) in [5, 5.41) is 14.2. The molecule has 0 bridgehead atoms. The predicted octanol–water partition coefficient (Wildman–Crippen LogP) is 2.27. The molecule has 1 atom stereocenters. The molecule has 1 unspecified atom stereocenters. The van der Waals surface area contributed by atoms with E-state index >= 15 is 0 Å². The number of furan rings is 1. The topological polar surface area (TPSA) is 131 Å². The van der Waals surface area contributed by atoms with Crippen molar-refractivity contribution in [3.63, 3.8) is 0 Å². The summed E-state index contributed by atoms with van der Waals surface area (Å²) in [6.07, 6.45) is 1.48. The molecule has 1 aromatic carbocycles. The van der Waals surface area contributed by atoms with E-state index in [1.807, 2.05) is 0 Å². The average molecular weight is 439 g/mol. The zero-order valence-electron chi connectivity index (χ0n) is 14.4. The van der Waals surface area contributed by atoms with Gasteiger partial charge >= 0.3 is 5.97 Å². The van der Waals surface area contributed by atoms with Crippen molar-refractivity contribution < 1.29 is 27.5 Å². The number of carbonyl (C=O) groups excluding carboxylic acids is 1. The number of aliphatic carboxylic acids is 1. The molecule has 0 spiro atoms. The molecule has 0 saturated carbocycles. The van der Waals surface area contributed by atoms with Gasteiger partial charge in [0.25, 0.3) is 5.91 Å². The van der Waals surface area contributed by atoms with Gasteiger partial charge in [-0.2, -0.15) is 0 Å². The zero-order chi connectivity index (χ0) is 20.6. The number of thioether (sulfide) groups is 1. The van der Waals surface area contributed by atoms with Crippen LogP contribution in [-0.2, 0) is 19.6 Å². The number of amides is 1. The highest BCUT2D eigenvalue weighted by molar-refractivity contribution is 8.26. The molecular weight excluding hydrogens is 424 g/mol. The van der Waals surface area contributed by atoms with Crippen LogP contribution in [0.4, 0.5) is 0 Å². The Hall–Kier alpha value is -2.47. The fourth-order valence-electron chi connectivity index (χ4n) is 2.45. The van der Waals surface area contributed by atoms with Crippen LogP contribution in [0.25, 0.3) is 17.4 Å². The second kappa shape index (κ2) is 7.51. The first kappa shape index (κ1) is 20.3. The first-order chi connectivity index (χ1) is 13.1. The summed E-state index contributed by atoms with van der Waals surface area (Å²) < 4.78 is 28.5. The van der Waals surface area contributed by atoms with Gasteiger partial charge in [-0.1, -0.05) is 24.0 Å². The molecule has 11 heteroatoms. The van der Waals surface area contributed by atoms with Gasteiger partial charge in [-0.25, -0.2) is 18.4 Å². The SMILES string of the molecule is CC(C(=O)O)N1C(=O)/C(=C/c2ccc(-c3ccc(S(N)(=O)=O)cc3)o2)SC1=S. The predicted molar refractivity (Wildman–Crippen MR) is 108 cm³/mol. The van der Waals surface area contributed by atoms with Crippen molar-refractivity contribution in [1.29, 1.82) is 0 Å². The number of nitrogens with zero attached hydrogens (tertiary/aromatic N) is 1. The molecule has 3 N–H and O–H groups in total. The summed E-state index contributed by atoms with van der Waals surface area (Å²) in [4.78, 5) is 24.9. The fourth-order valence-corrected chi connectivity index (χ4v) is 4.36. The molecule has 2 aromatic rings. The largest absolute Gasteiger partial charge is 0.480 e. The van der Waals surface area contributed by atoms with Crippen LogP contribution in [0.3, 0.4) is 0 Å². The maximum absolute atomic E-state index is 12.5. The van der Waals surface area contributed by atoms with Crippen molar-refractivity contribution in [2.45, 2.75) is 17.9 Å². The smallest absolute Gasteiger partial charge is 0.326 e. The molecule has 1 aliphatic rings. The summed E-state index contributed by atoms with van der Waals surface area (Å²) in [6, 6.07) is 8.07. The van der Waals surface area contributed by atoms with Gasteiger partial charge in [0.2, 0.25) is 10.0 Å². The van der Waals surface area contributed by atoms with E-state index in [4.69, 9.17) is 26.9 Å². The van der Waals surface area contributed by atoms with Crippen LogP contribution < -0.4 is 5.14 Å². The molecule has 1 aromatic heterocycles. The third-order valence-electron chi connectivity index (χ3n) is 3.94. The summed E-state index contributed by atoms with van der Waals surface area (Å²) in [5.74, 6) is -0.822. The van der Waals surface area contributed by atoms with E-state index < -0.39 is 27.9 Å². The minimum Gasteiger partial charge on any atom is -0.480 e.